The number of nitrogens with one attached hydrogen (secondary N) is 1. The van der Waals surface area contributed by atoms with Gasteiger partial charge in [-0.2, -0.15) is 0 Å². The van der Waals surface area contributed by atoms with E-state index in [1.165, 1.54) is 12.8 Å². The minimum Gasteiger partial charge on any atom is -0.367 e. The van der Waals surface area contributed by atoms with Crippen LogP contribution in [0, 0.1) is 0 Å². The van der Waals surface area contributed by atoms with Crippen LogP contribution in [0.25, 0.3) is 5.65 Å². The Hall–Kier alpha value is -1.55. The topological polar surface area (TPSA) is 55.3 Å². The van der Waals surface area contributed by atoms with Crippen molar-refractivity contribution < 1.29 is 0 Å². The van der Waals surface area contributed by atoms with Gasteiger partial charge in [0.15, 0.2) is 0 Å². The molecule has 0 bridgehead atoms. The number of imidazole rings is 1. The Morgan fingerprint density at radius 3 is 3.12 bits per heavy atom. The number of nitrogens with two attached hydrogens (primary N) is 1. The Morgan fingerprint density at radius 1 is 1.47 bits per heavy atom. The van der Waals surface area contributed by atoms with Crippen LogP contribution in [0.5, 0.6) is 0 Å². The third-order valence-corrected chi connectivity index (χ3v) is 2.97. The van der Waals surface area contributed by atoms with Crippen LogP contribution in [0.15, 0.2) is 30.6 Å². The quantitative estimate of drug-likeness (QED) is 0.803. The largest absolute Gasteiger partial charge is 0.367 e. The molecule has 0 saturated carbocycles. The van der Waals surface area contributed by atoms with Crippen molar-refractivity contribution in [2.45, 2.75) is 32.2 Å². The van der Waals surface area contributed by atoms with E-state index in [0.29, 0.717) is 12.6 Å². The summed E-state index contributed by atoms with van der Waals surface area (Å²) in [5.41, 5.74) is 6.75. The third-order valence-electron chi connectivity index (χ3n) is 2.97. The van der Waals surface area contributed by atoms with Crippen LogP contribution in [0.2, 0.25) is 0 Å². The molecule has 2 aromatic rings. The normalized spacial score (nSPS) is 12.8. The first-order valence-corrected chi connectivity index (χ1v) is 6.24. The van der Waals surface area contributed by atoms with Gasteiger partial charge in [0.2, 0.25) is 0 Å². The first kappa shape index (κ1) is 11.9. The monoisotopic (exact) mass is 232 g/mol. The molecule has 0 saturated heterocycles. The molecule has 17 heavy (non-hydrogen) atoms. The van der Waals surface area contributed by atoms with Gasteiger partial charge >= 0.3 is 0 Å². The minimum atomic E-state index is 0.336. The van der Waals surface area contributed by atoms with Crippen LogP contribution in [0.4, 0.5) is 5.82 Å². The van der Waals surface area contributed by atoms with Crippen molar-refractivity contribution in [3.8, 4) is 0 Å². The standard InChI is InChI=1S/C13H20N4/c1-2-3-5-11(10-14)16-13-7-4-6-12-15-8-9-17(12)13/h4,6-9,11,16H,2-3,5,10,14H2,1H3. The first-order valence-electron chi connectivity index (χ1n) is 6.24. The highest BCUT2D eigenvalue weighted by Crippen LogP contribution is 2.13. The van der Waals surface area contributed by atoms with Gasteiger partial charge in [-0.15, -0.1) is 0 Å². The number of rotatable bonds is 6. The average Bonchev–Trinajstić information content (AvgIpc) is 2.83. The van der Waals surface area contributed by atoms with Crippen molar-refractivity contribution >= 4 is 11.5 Å². The minimum absolute atomic E-state index is 0.336. The summed E-state index contributed by atoms with van der Waals surface area (Å²) in [4.78, 5) is 4.27. The van der Waals surface area contributed by atoms with E-state index in [1.807, 2.05) is 24.5 Å². The number of hydrogen-bond acceptors (Lipinski definition) is 3. The molecule has 0 spiro atoms. The van der Waals surface area contributed by atoms with Crippen molar-refractivity contribution in [3.63, 3.8) is 0 Å². The highest BCUT2D eigenvalue weighted by Gasteiger charge is 2.07. The molecule has 0 fully saturated rings. The van der Waals surface area contributed by atoms with Gasteiger partial charge in [-0.05, 0) is 18.6 Å². The Labute approximate surface area is 102 Å². The smallest absolute Gasteiger partial charge is 0.138 e. The van der Waals surface area contributed by atoms with Gasteiger partial charge in [0.25, 0.3) is 0 Å². The van der Waals surface area contributed by atoms with Gasteiger partial charge in [0, 0.05) is 25.0 Å². The molecule has 0 aliphatic carbocycles. The van der Waals surface area contributed by atoms with Gasteiger partial charge in [-0.1, -0.05) is 25.8 Å². The molecule has 1 unspecified atom stereocenters. The lowest BCUT2D eigenvalue weighted by atomic mass is 10.1. The predicted octanol–water partition coefficient (Wildman–Crippen LogP) is 2.26. The van der Waals surface area contributed by atoms with Crippen molar-refractivity contribution in [1.29, 1.82) is 0 Å². The molecule has 2 aromatic heterocycles. The van der Waals surface area contributed by atoms with Gasteiger partial charge in [0.1, 0.15) is 11.5 Å². The second kappa shape index (κ2) is 5.68. The molecule has 0 radical (unpaired) electrons. The number of fused-ring (bicyclic) bond motifs is 1. The summed E-state index contributed by atoms with van der Waals surface area (Å²) >= 11 is 0. The molecular formula is C13H20N4. The van der Waals surface area contributed by atoms with Crippen LogP contribution in [-0.2, 0) is 0 Å². The average molecular weight is 232 g/mol. The molecule has 92 valence electrons. The zero-order valence-electron chi connectivity index (χ0n) is 10.3. The van der Waals surface area contributed by atoms with E-state index in [4.69, 9.17) is 5.73 Å². The van der Waals surface area contributed by atoms with Gasteiger partial charge in [-0.25, -0.2) is 4.98 Å². The fraction of sp³-hybridized carbons (Fsp3) is 0.462. The molecule has 0 aliphatic heterocycles. The van der Waals surface area contributed by atoms with Crippen molar-refractivity contribution in [2.24, 2.45) is 5.73 Å². The lowest BCUT2D eigenvalue weighted by Crippen LogP contribution is -2.29. The summed E-state index contributed by atoms with van der Waals surface area (Å²) in [6.45, 7) is 2.86. The fourth-order valence-electron chi connectivity index (χ4n) is 1.97. The van der Waals surface area contributed by atoms with E-state index in [9.17, 15) is 0 Å². The molecule has 2 heterocycles. The zero-order valence-corrected chi connectivity index (χ0v) is 10.3. The first-order chi connectivity index (χ1) is 8.35. The number of anilines is 1. The Kier molecular flexibility index (Phi) is 3.98. The molecule has 2 rings (SSSR count). The molecule has 4 nitrogen and oxygen atoms in total. The zero-order chi connectivity index (χ0) is 12.1. The molecule has 3 N–H and O–H groups in total. The summed E-state index contributed by atoms with van der Waals surface area (Å²) in [5.74, 6) is 1.06. The van der Waals surface area contributed by atoms with Crippen molar-refractivity contribution in [3.05, 3.63) is 30.6 Å². The summed E-state index contributed by atoms with van der Waals surface area (Å²) < 4.78 is 2.05. The Morgan fingerprint density at radius 2 is 2.35 bits per heavy atom. The predicted molar refractivity (Wildman–Crippen MR) is 71.2 cm³/mol. The van der Waals surface area contributed by atoms with Crippen LogP contribution in [0.3, 0.4) is 0 Å². The highest BCUT2D eigenvalue weighted by atomic mass is 15.1. The second-order valence-electron chi connectivity index (χ2n) is 4.29. The second-order valence-corrected chi connectivity index (χ2v) is 4.29. The number of nitrogens with zero attached hydrogens (tertiary/aromatic N) is 2. The van der Waals surface area contributed by atoms with E-state index in [2.05, 4.69) is 27.7 Å². The summed E-state index contributed by atoms with van der Waals surface area (Å²) in [6.07, 6.45) is 7.29. The maximum atomic E-state index is 5.79. The molecule has 0 aliphatic rings. The molecule has 1 atom stereocenters. The highest BCUT2D eigenvalue weighted by molar-refractivity contribution is 5.50. The van der Waals surface area contributed by atoms with E-state index in [1.54, 1.807) is 0 Å². The Bertz CT molecular complexity index is 463. The van der Waals surface area contributed by atoms with Gasteiger partial charge in [-0.3, -0.25) is 4.40 Å². The van der Waals surface area contributed by atoms with E-state index >= 15 is 0 Å². The summed E-state index contributed by atoms with van der Waals surface area (Å²) in [7, 11) is 0. The lowest BCUT2D eigenvalue weighted by Gasteiger charge is -2.18. The van der Waals surface area contributed by atoms with Crippen LogP contribution in [-0.4, -0.2) is 22.0 Å². The van der Waals surface area contributed by atoms with Gasteiger partial charge in [0.05, 0.1) is 0 Å². The lowest BCUT2D eigenvalue weighted by molar-refractivity contribution is 0.611. The van der Waals surface area contributed by atoms with E-state index in [0.717, 1.165) is 17.9 Å². The molecular weight excluding hydrogens is 212 g/mol. The SMILES string of the molecule is CCCCC(CN)Nc1cccc2nccn12. The maximum Gasteiger partial charge on any atom is 0.138 e. The number of aromatic nitrogens is 2. The molecule has 0 amide bonds. The fourth-order valence-corrected chi connectivity index (χ4v) is 1.97. The Balaban J connectivity index is 2.13. The number of unbranched alkanes of at least 4 members (excludes halogenated alkanes) is 1. The number of hydrogen-bond donors (Lipinski definition) is 2. The van der Waals surface area contributed by atoms with E-state index < -0.39 is 0 Å². The van der Waals surface area contributed by atoms with Crippen LogP contribution < -0.4 is 11.1 Å². The summed E-state index contributed by atoms with van der Waals surface area (Å²) in [6, 6.07) is 6.40. The van der Waals surface area contributed by atoms with Crippen molar-refractivity contribution in [2.75, 3.05) is 11.9 Å². The van der Waals surface area contributed by atoms with Crippen LogP contribution >= 0.6 is 0 Å². The summed E-state index contributed by atoms with van der Waals surface area (Å²) in [5, 5.41) is 3.49. The molecule has 4 heteroatoms. The number of pyridine rings is 1. The van der Waals surface area contributed by atoms with Crippen molar-refractivity contribution in [1.82, 2.24) is 9.38 Å². The maximum absolute atomic E-state index is 5.79. The molecule has 0 aromatic carbocycles. The van der Waals surface area contributed by atoms with E-state index in [-0.39, 0.29) is 0 Å². The van der Waals surface area contributed by atoms with Gasteiger partial charge < -0.3 is 11.1 Å². The van der Waals surface area contributed by atoms with Crippen LogP contribution in [0.1, 0.15) is 26.2 Å². The third kappa shape index (κ3) is 2.77.